The molecule has 0 unspecified atom stereocenters. The lowest BCUT2D eigenvalue weighted by atomic mass is 9.77. The van der Waals surface area contributed by atoms with Gasteiger partial charge in [-0.1, -0.05) is 66.7 Å². The minimum absolute atomic E-state index is 0.00406. The highest BCUT2D eigenvalue weighted by Gasteiger charge is 2.50. The first kappa shape index (κ1) is 30.4. The Kier molecular flexibility index (Phi) is 7.63. The fourth-order valence-corrected chi connectivity index (χ4v) is 6.50. The molecule has 2 aliphatic heterocycles. The standard InChI is InChI=1S/C35H32N4O8/c1-20-17-38(33(43)36-31(20)41)19-28(30-25(40)16-29(46-30)39-18-21(2)32(42)37-34(39)44)47-35(22-10-4-3-5-11-22)23-12-6-8-14-26(23)45-27-15-9-7-13-24(27)35/h3-15,17-18,25,28-30,40H,16,19H2,1-2H3,(H,36,41,43)(H,37,42,44)/t25-,28-,29+,30-/m0/s1. The minimum Gasteiger partial charge on any atom is -0.457 e. The van der Waals surface area contributed by atoms with E-state index in [1.165, 1.54) is 21.5 Å². The van der Waals surface area contributed by atoms with E-state index in [2.05, 4.69) is 9.97 Å². The first-order chi connectivity index (χ1) is 22.7. The minimum atomic E-state index is -1.31. The monoisotopic (exact) mass is 636 g/mol. The van der Waals surface area contributed by atoms with Crippen molar-refractivity contribution < 1.29 is 19.3 Å². The number of fused-ring (bicyclic) bond motifs is 2. The number of nitrogens with one attached hydrogen (secondary N) is 2. The van der Waals surface area contributed by atoms with Crippen LogP contribution in [-0.2, 0) is 21.6 Å². The summed E-state index contributed by atoms with van der Waals surface area (Å²) < 4.78 is 22.6. The summed E-state index contributed by atoms with van der Waals surface area (Å²) in [5.41, 5.74) is -0.938. The van der Waals surface area contributed by atoms with Crippen molar-refractivity contribution in [1.82, 2.24) is 19.1 Å². The smallest absolute Gasteiger partial charge is 0.330 e. The maximum atomic E-state index is 13.1. The zero-order chi connectivity index (χ0) is 32.9. The van der Waals surface area contributed by atoms with Crippen LogP contribution in [0.1, 0.15) is 40.5 Å². The number of ether oxygens (including phenoxy) is 3. The number of aryl methyl sites for hydroxylation is 2. The number of H-pyrrole nitrogens is 2. The van der Waals surface area contributed by atoms with Crippen molar-refractivity contribution in [2.75, 3.05) is 0 Å². The van der Waals surface area contributed by atoms with E-state index in [-0.39, 0.29) is 13.0 Å². The number of nitrogens with zero attached hydrogens (tertiary/aromatic N) is 2. The van der Waals surface area contributed by atoms with Gasteiger partial charge in [0.15, 0.2) is 5.60 Å². The molecule has 12 nitrogen and oxygen atoms in total. The molecule has 47 heavy (non-hydrogen) atoms. The lowest BCUT2D eigenvalue weighted by molar-refractivity contribution is -0.151. The van der Waals surface area contributed by atoms with Crippen molar-refractivity contribution in [3.05, 3.63) is 161 Å². The zero-order valence-corrected chi connectivity index (χ0v) is 25.6. The molecule has 0 spiro atoms. The van der Waals surface area contributed by atoms with E-state index in [0.29, 0.717) is 33.8 Å². The molecule has 7 rings (SSSR count). The fraction of sp³-hybridized carbons (Fsp3) is 0.257. The van der Waals surface area contributed by atoms with E-state index in [1.54, 1.807) is 13.8 Å². The van der Waals surface area contributed by atoms with Crippen molar-refractivity contribution in [3.8, 4) is 11.5 Å². The van der Waals surface area contributed by atoms with Crippen LogP contribution in [0.4, 0.5) is 0 Å². The average molecular weight is 637 g/mol. The molecule has 240 valence electrons. The Labute approximate surface area is 267 Å². The molecule has 0 saturated carbocycles. The Bertz CT molecular complexity index is 2160. The van der Waals surface area contributed by atoms with Gasteiger partial charge in [-0.25, -0.2) is 9.59 Å². The molecule has 0 radical (unpaired) electrons. The van der Waals surface area contributed by atoms with Crippen LogP contribution >= 0.6 is 0 Å². The second kappa shape index (κ2) is 11.8. The van der Waals surface area contributed by atoms with Crippen LogP contribution in [-0.4, -0.2) is 42.5 Å². The van der Waals surface area contributed by atoms with Gasteiger partial charge >= 0.3 is 11.4 Å². The van der Waals surface area contributed by atoms with Crippen molar-refractivity contribution in [3.63, 3.8) is 0 Å². The Morgan fingerprint density at radius 1 is 0.830 bits per heavy atom. The Morgan fingerprint density at radius 2 is 1.40 bits per heavy atom. The molecule has 2 aromatic heterocycles. The summed E-state index contributed by atoms with van der Waals surface area (Å²) in [7, 11) is 0. The third kappa shape index (κ3) is 5.26. The highest BCUT2D eigenvalue weighted by molar-refractivity contribution is 5.61. The molecule has 1 fully saturated rings. The number of aromatic amines is 2. The molecule has 0 amide bonds. The van der Waals surface area contributed by atoms with Gasteiger partial charge in [-0.2, -0.15) is 0 Å². The van der Waals surface area contributed by atoms with Gasteiger partial charge in [-0.15, -0.1) is 0 Å². The summed E-state index contributed by atoms with van der Waals surface area (Å²) in [4.78, 5) is 54.9. The molecule has 0 bridgehead atoms. The largest absolute Gasteiger partial charge is 0.457 e. The molecule has 12 heteroatoms. The van der Waals surface area contributed by atoms with Crippen LogP contribution in [0.15, 0.2) is 110 Å². The molecule has 4 atom stereocenters. The maximum absolute atomic E-state index is 13.1. The fourth-order valence-electron chi connectivity index (χ4n) is 6.50. The highest BCUT2D eigenvalue weighted by atomic mass is 16.6. The number of aromatic nitrogens is 4. The lowest BCUT2D eigenvalue weighted by Crippen LogP contribution is -2.48. The number of aliphatic hydroxyl groups is 1. The quantitative estimate of drug-likeness (QED) is 0.246. The number of aliphatic hydroxyl groups excluding tert-OH is 1. The van der Waals surface area contributed by atoms with Gasteiger partial charge in [0, 0.05) is 41.1 Å². The maximum Gasteiger partial charge on any atom is 0.330 e. The second-order valence-corrected chi connectivity index (χ2v) is 11.9. The van der Waals surface area contributed by atoms with E-state index in [4.69, 9.17) is 14.2 Å². The molecule has 3 N–H and O–H groups in total. The van der Waals surface area contributed by atoms with E-state index >= 15 is 0 Å². The van der Waals surface area contributed by atoms with E-state index in [9.17, 15) is 24.3 Å². The van der Waals surface area contributed by atoms with Gasteiger partial charge in [0.25, 0.3) is 11.1 Å². The molecular weight excluding hydrogens is 604 g/mol. The summed E-state index contributed by atoms with van der Waals surface area (Å²) in [5.74, 6) is 1.12. The molecule has 4 heterocycles. The Hall–Kier alpha value is -5.30. The third-order valence-corrected chi connectivity index (χ3v) is 8.79. The number of hydrogen-bond acceptors (Lipinski definition) is 8. The normalized spacial score (nSPS) is 20.2. The van der Waals surface area contributed by atoms with E-state index in [1.807, 2.05) is 78.9 Å². The van der Waals surface area contributed by atoms with Gasteiger partial charge in [-0.05, 0) is 31.5 Å². The summed E-state index contributed by atoms with van der Waals surface area (Å²) in [6.07, 6.45) is -1.37. The van der Waals surface area contributed by atoms with Gasteiger partial charge in [0.05, 0.1) is 12.6 Å². The third-order valence-electron chi connectivity index (χ3n) is 8.79. The molecule has 2 aliphatic rings. The van der Waals surface area contributed by atoms with Crippen LogP contribution in [0.2, 0.25) is 0 Å². The summed E-state index contributed by atoms with van der Waals surface area (Å²) >= 11 is 0. The van der Waals surface area contributed by atoms with Gasteiger partial charge in [0.1, 0.15) is 29.9 Å². The molecular formula is C35H32N4O8. The van der Waals surface area contributed by atoms with Crippen LogP contribution in [0.3, 0.4) is 0 Å². The summed E-state index contributed by atoms with van der Waals surface area (Å²) in [5, 5.41) is 11.6. The van der Waals surface area contributed by atoms with Crippen molar-refractivity contribution in [2.24, 2.45) is 0 Å². The van der Waals surface area contributed by atoms with Crippen LogP contribution in [0.5, 0.6) is 11.5 Å². The van der Waals surface area contributed by atoms with E-state index < -0.39 is 52.6 Å². The van der Waals surface area contributed by atoms with Crippen molar-refractivity contribution in [1.29, 1.82) is 0 Å². The predicted molar refractivity (Wildman–Crippen MR) is 171 cm³/mol. The second-order valence-electron chi connectivity index (χ2n) is 11.9. The molecule has 0 aliphatic carbocycles. The van der Waals surface area contributed by atoms with E-state index in [0.717, 1.165) is 5.56 Å². The van der Waals surface area contributed by atoms with Gasteiger partial charge in [0.2, 0.25) is 0 Å². The number of rotatable bonds is 7. The van der Waals surface area contributed by atoms with Crippen molar-refractivity contribution >= 4 is 0 Å². The first-order valence-corrected chi connectivity index (χ1v) is 15.2. The molecule has 5 aromatic rings. The Morgan fingerprint density at radius 3 is 2.06 bits per heavy atom. The molecule has 1 saturated heterocycles. The molecule has 3 aromatic carbocycles. The van der Waals surface area contributed by atoms with Crippen LogP contribution in [0.25, 0.3) is 0 Å². The SMILES string of the molecule is Cc1cn(C[C@H](OC2(c3ccccc3)c3ccccc3Oc3ccccc32)[C@H]2O[C@@H](n3cc(C)c(=O)[nH]c3=O)C[C@@H]2O)c(=O)[nH]c1=O. The topological polar surface area (TPSA) is 158 Å². The first-order valence-electron chi connectivity index (χ1n) is 15.2. The number of benzene rings is 3. The summed E-state index contributed by atoms with van der Waals surface area (Å²) in [6.45, 7) is 3.02. The Balaban J connectivity index is 1.41. The highest BCUT2D eigenvalue weighted by Crippen LogP contribution is 2.53. The van der Waals surface area contributed by atoms with Crippen LogP contribution < -0.4 is 27.2 Å². The zero-order valence-electron chi connectivity index (χ0n) is 25.6. The van der Waals surface area contributed by atoms with Crippen molar-refractivity contribution in [2.45, 2.75) is 57.0 Å². The van der Waals surface area contributed by atoms with Crippen LogP contribution in [0, 0.1) is 13.8 Å². The average Bonchev–Trinajstić information content (AvgIpc) is 3.46. The van der Waals surface area contributed by atoms with Gasteiger partial charge < -0.3 is 19.3 Å². The lowest BCUT2D eigenvalue weighted by Gasteiger charge is -2.44. The van der Waals surface area contributed by atoms with Gasteiger partial charge in [-0.3, -0.25) is 28.7 Å². The number of hydrogen-bond donors (Lipinski definition) is 3. The summed E-state index contributed by atoms with van der Waals surface area (Å²) in [6, 6.07) is 24.5. The predicted octanol–water partition coefficient (Wildman–Crippen LogP) is 2.84. The number of para-hydroxylation sites is 2.